The molecule has 5 heteroatoms. The molecule has 0 aliphatic carbocycles. The Balaban J connectivity index is 1.88. The highest BCUT2D eigenvalue weighted by molar-refractivity contribution is 5.93. The molecule has 3 rings (SSSR count). The molecule has 2 atom stereocenters. The fourth-order valence-corrected chi connectivity index (χ4v) is 2.68. The van der Waals surface area contributed by atoms with Gasteiger partial charge in [-0.05, 0) is 12.1 Å². The second-order valence-electron chi connectivity index (χ2n) is 4.64. The summed E-state index contributed by atoms with van der Waals surface area (Å²) in [7, 11) is 0. The fourth-order valence-electron chi connectivity index (χ4n) is 2.68. The van der Waals surface area contributed by atoms with Crippen LogP contribution in [0.5, 0.6) is 0 Å². The number of pyridine rings is 1. The molecule has 2 aliphatic rings. The molecule has 0 radical (unpaired) electrons. The molecule has 3 heterocycles. The standard InChI is InChI=1S/C12H14N2O3/c15-12(16)10-2-1-3-13-11(10)14-4-8-6-17-7-9(8)5-14/h1-3,8-9H,4-7H2,(H,15,16)/t8-,9-/m1/s1. The van der Waals surface area contributed by atoms with Crippen molar-refractivity contribution in [1.29, 1.82) is 0 Å². The molecule has 0 aromatic carbocycles. The van der Waals surface area contributed by atoms with Crippen LogP contribution >= 0.6 is 0 Å². The van der Waals surface area contributed by atoms with Crippen LogP contribution in [0.25, 0.3) is 0 Å². The Morgan fingerprint density at radius 2 is 2.12 bits per heavy atom. The number of aromatic carboxylic acids is 1. The van der Waals surface area contributed by atoms with E-state index in [0.29, 0.717) is 17.7 Å². The Morgan fingerprint density at radius 3 is 2.76 bits per heavy atom. The van der Waals surface area contributed by atoms with E-state index in [1.165, 1.54) is 0 Å². The molecule has 0 unspecified atom stereocenters. The van der Waals surface area contributed by atoms with Crippen LogP contribution in [0, 0.1) is 11.8 Å². The minimum Gasteiger partial charge on any atom is -0.478 e. The largest absolute Gasteiger partial charge is 0.478 e. The van der Waals surface area contributed by atoms with Crippen molar-refractivity contribution in [2.45, 2.75) is 0 Å². The molecule has 1 aromatic heterocycles. The summed E-state index contributed by atoms with van der Waals surface area (Å²) in [6, 6.07) is 3.27. The lowest BCUT2D eigenvalue weighted by Gasteiger charge is -2.19. The SMILES string of the molecule is O=C(O)c1cccnc1N1C[C@@H]2COC[C@H]2C1. The Kier molecular flexibility index (Phi) is 2.48. The zero-order valence-corrected chi connectivity index (χ0v) is 9.37. The lowest BCUT2D eigenvalue weighted by atomic mass is 10.0. The van der Waals surface area contributed by atoms with Gasteiger partial charge in [-0.15, -0.1) is 0 Å². The van der Waals surface area contributed by atoms with Gasteiger partial charge in [0.05, 0.1) is 13.2 Å². The molecule has 17 heavy (non-hydrogen) atoms. The van der Waals surface area contributed by atoms with E-state index in [1.54, 1.807) is 18.3 Å². The zero-order valence-electron chi connectivity index (χ0n) is 9.37. The van der Waals surface area contributed by atoms with E-state index >= 15 is 0 Å². The lowest BCUT2D eigenvalue weighted by molar-refractivity contribution is 0.0697. The van der Waals surface area contributed by atoms with Crippen molar-refractivity contribution in [2.24, 2.45) is 11.8 Å². The van der Waals surface area contributed by atoms with E-state index in [2.05, 4.69) is 9.88 Å². The van der Waals surface area contributed by atoms with Gasteiger partial charge < -0.3 is 14.7 Å². The first kappa shape index (κ1) is 10.5. The monoisotopic (exact) mass is 234 g/mol. The van der Waals surface area contributed by atoms with Gasteiger partial charge in [-0.1, -0.05) is 0 Å². The maximum absolute atomic E-state index is 11.1. The van der Waals surface area contributed by atoms with Crippen LogP contribution in [0.15, 0.2) is 18.3 Å². The molecule has 2 fully saturated rings. The Bertz CT molecular complexity index is 437. The van der Waals surface area contributed by atoms with E-state index < -0.39 is 5.97 Å². The number of carboxylic acids is 1. The van der Waals surface area contributed by atoms with Crippen LogP contribution in [-0.2, 0) is 4.74 Å². The smallest absolute Gasteiger partial charge is 0.339 e. The van der Waals surface area contributed by atoms with Gasteiger partial charge in [0, 0.05) is 31.1 Å². The van der Waals surface area contributed by atoms with Crippen LogP contribution in [-0.4, -0.2) is 42.4 Å². The van der Waals surface area contributed by atoms with Crippen LogP contribution in [0.2, 0.25) is 0 Å². The number of carboxylic acid groups (broad SMARTS) is 1. The highest BCUT2D eigenvalue weighted by Gasteiger charge is 2.38. The highest BCUT2D eigenvalue weighted by atomic mass is 16.5. The van der Waals surface area contributed by atoms with Gasteiger partial charge in [0.25, 0.3) is 0 Å². The number of fused-ring (bicyclic) bond motifs is 1. The number of rotatable bonds is 2. The minimum absolute atomic E-state index is 0.286. The first-order chi connectivity index (χ1) is 8.25. The molecule has 0 amide bonds. The van der Waals surface area contributed by atoms with E-state index in [9.17, 15) is 4.79 Å². The molecular formula is C12H14N2O3. The average Bonchev–Trinajstić information content (AvgIpc) is 2.88. The first-order valence-electron chi connectivity index (χ1n) is 5.76. The van der Waals surface area contributed by atoms with Gasteiger partial charge in [-0.25, -0.2) is 9.78 Å². The average molecular weight is 234 g/mol. The molecule has 1 N–H and O–H groups in total. The number of aromatic nitrogens is 1. The Hall–Kier alpha value is -1.62. The van der Waals surface area contributed by atoms with E-state index in [-0.39, 0.29) is 5.56 Å². The summed E-state index contributed by atoms with van der Waals surface area (Å²) < 4.78 is 5.41. The van der Waals surface area contributed by atoms with Crippen LogP contribution in [0.1, 0.15) is 10.4 Å². The summed E-state index contributed by atoms with van der Waals surface area (Å²) in [5, 5.41) is 9.14. The highest BCUT2D eigenvalue weighted by Crippen LogP contribution is 2.32. The minimum atomic E-state index is -0.915. The van der Waals surface area contributed by atoms with E-state index in [0.717, 1.165) is 26.3 Å². The second kappa shape index (κ2) is 4.00. The van der Waals surface area contributed by atoms with Crippen molar-refractivity contribution in [3.05, 3.63) is 23.9 Å². The van der Waals surface area contributed by atoms with Crippen molar-refractivity contribution in [1.82, 2.24) is 4.98 Å². The molecule has 0 spiro atoms. The summed E-state index contributed by atoms with van der Waals surface area (Å²) in [6.07, 6.45) is 1.65. The predicted molar refractivity (Wildman–Crippen MR) is 61.2 cm³/mol. The van der Waals surface area contributed by atoms with E-state index in [1.807, 2.05) is 0 Å². The van der Waals surface area contributed by atoms with Gasteiger partial charge in [-0.2, -0.15) is 0 Å². The molecule has 0 saturated carbocycles. The van der Waals surface area contributed by atoms with Crippen molar-refractivity contribution < 1.29 is 14.6 Å². The number of nitrogens with zero attached hydrogens (tertiary/aromatic N) is 2. The van der Waals surface area contributed by atoms with Crippen LogP contribution < -0.4 is 4.90 Å². The van der Waals surface area contributed by atoms with Gasteiger partial charge in [0.1, 0.15) is 11.4 Å². The number of carbonyl (C=O) groups is 1. The summed E-state index contributed by atoms with van der Waals surface area (Å²) in [6.45, 7) is 3.27. The molecular weight excluding hydrogens is 220 g/mol. The van der Waals surface area contributed by atoms with Gasteiger partial charge in [0.15, 0.2) is 0 Å². The third kappa shape index (κ3) is 1.76. The van der Waals surface area contributed by atoms with Crippen molar-refractivity contribution >= 4 is 11.8 Å². The van der Waals surface area contributed by atoms with Crippen molar-refractivity contribution in [3.8, 4) is 0 Å². The van der Waals surface area contributed by atoms with Gasteiger partial charge in [-0.3, -0.25) is 0 Å². The molecule has 1 aromatic rings. The van der Waals surface area contributed by atoms with E-state index in [4.69, 9.17) is 9.84 Å². The first-order valence-corrected chi connectivity index (χ1v) is 5.76. The molecule has 2 aliphatic heterocycles. The summed E-state index contributed by atoms with van der Waals surface area (Å²) in [5.41, 5.74) is 0.286. The molecule has 90 valence electrons. The van der Waals surface area contributed by atoms with Gasteiger partial charge >= 0.3 is 5.97 Å². The third-order valence-electron chi connectivity index (χ3n) is 3.56. The van der Waals surface area contributed by atoms with Crippen LogP contribution in [0.3, 0.4) is 0 Å². The zero-order chi connectivity index (χ0) is 11.8. The van der Waals surface area contributed by atoms with Crippen molar-refractivity contribution in [3.63, 3.8) is 0 Å². The normalized spacial score (nSPS) is 27.2. The number of hydrogen-bond donors (Lipinski definition) is 1. The number of hydrogen-bond acceptors (Lipinski definition) is 4. The Labute approximate surface area is 99.0 Å². The summed E-state index contributed by atoms with van der Waals surface area (Å²) >= 11 is 0. The predicted octanol–water partition coefficient (Wildman–Crippen LogP) is 0.862. The maximum atomic E-state index is 11.1. The molecule has 2 saturated heterocycles. The summed E-state index contributed by atoms with van der Waals surface area (Å²) in [4.78, 5) is 17.4. The fraction of sp³-hybridized carbons (Fsp3) is 0.500. The topological polar surface area (TPSA) is 62.7 Å². The maximum Gasteiger partial charge on any atom is 0.339 e. The lowest BCUT2D eigenvalue weighted by Crippen LogP contribution is -2.25. The number of ether oxygens (including phenoxy) is 1. The van der Waals surface area contributed by atoms with Gasteiger partial charge in [0.2, 0.25) is 0 Å². The molecule has 0 bridgehead atoms. The number of anilines is 1. The Morgan fingerprint density at radius 1 is 1.41 bits per heavy atom. The third-order valence-corrected chi connectivity index (χ3v) is 3.56. The summed E-state index contributed by atoms with van der Waals surface area (Å²) in [5.74, 6) is 0.730. The van der Waals surface area contributed by atoms with Crippen LogP contribution in [0.4, 0.5) is 5.82 Å². The van der Waals surface area contributed by atoms with Crippen molar-refractivity contribution in [2.75, 3.05) is 31.2 Å². The molecule has 5 nitrogen and oxygen atoms in total. The second-order valence-corrected chi connectivity index (χ2v) is 4.64. The quantitative estimate of drug-likeness (QED) is 0.822.